The topological polar surface area (TPSA) is 329 Å². The third kappa shape index (κ3) is 23.9. The van der Waals surface area contributed by atoms with Crippen LogP contribution in [0.1, 0.15) is 79.1 Å². The molecule has 0 radical (unpaired) electrons. The molecule has 4 unspecified atom stereocenters. The van der Waals surface area contributed by atoms with Gasteiger partial charge in [-0.2, -0.15) is 0 Å². The maximum Gasteiger partial charge on any atom is 0.302 e. The standard InChI is InChI=1S/C22H20N2O3S3.C21H20N2O2S3.C21H20N2OS3.C21H20N2S3.C20H21N5OS2/c1-14(25)27-10-6-12-30(26)22-20(23)19-16(15-7-3-2-4-8-15)13-17(24-21(19)29-22)18-9-5-11-28-18;1-25-10-6-12-28(24)21-19(22)18-15(14-7-3-2-4-8-14)13-16(23-20(18)27-21)17-9-5-11-26-17;1-2-3-12-27(24)21-19(22)18-15(14-8-5-4-6-9-14)13-16(23-20(18)26-21)17-10-7-11-25-17;1-2-3-11-25-21-19(22)18-15(14-8-5-4-6-9-14)13-16(23-20(18)26-21)17-10-7-12-24-17;1-3-4-12-28(26)20-15(21)14-16(13-8-6-5-7-9-13)23-17(24-19(14)27-20)18-22-10-11-25(18)2/h2-5,7-9,11,13H,6,10,12,23H2,1H3;2-5,7-9,11,13H,6,10,12,22H2,1H3;4-11,13H,2-3,12,22H2,1H3;4-10,12-13H,2-3,11,22H2,1H3;5-11H,3-4,12,21H2,1-2H3. The summed E-state index contributed by atoms with van der Waals surface area (Å²) < 4.78 is 67.2. The number of unbranched alkanes of at least 4 members (excludes halogenated alkanes) is 3. The van der Waals surface area contributed by atoms with Crippen LogP contribution in [0, 0.1) is 0 Å². The Morgan fingerprint density at radius 2 is 0.705 bits per heavy atom. The van der Waals surface area contributed by atoms with Crippen LogP contribution in [-0.4, -0.2) is 111 Å². The average molecular weight is 2110 g/mol. The zero-order valence-corrected chi connectivity index (χ0v) is 88.4. The number of ether oxygens (including phenoxy) is 2. The van der Waals surface area contributed by atoms with Crippen molar-refractivity contribution in [1.82, 2.24) is 39.5 Å². The number of carbonyl (C=O) groups excluding carboxylic acids is 1. The van der Waals surface area contributed by atoms with Crippen LogP contribution in [0.2, 0.25) is 0 Å². The number of aryl methyl sites for hydroxylation is 1. The molecule has 0 aliphatic carbocycles. The van der Waals surface area contributed by atoms with Gasteiger partial charge in [0, 0.05) is 90.2 Å². The van der Waals surface area contributed by atoms with Crippen molar-refractivity contribution in [3.05, 3.63) is 258 Å². The highest BCUT2D eigenvalue weighted by Crippen LogP contribution is 2.50. The van der Waals surface area contributed by atoms with E-state index in [4.69, 9.17) is 68.0 Å². The molecule has 20 nitrogen and oxygen atoms in total. The Morgan fingerprint density at radius 3 is 1.03 bits per heavy atom. The molecule has 5 aromatic carbocycles. The Bertz CT molecular complexity index is 7640. The number of aromatic nitrogens is 8. The Morgan fingerprint density at radius 1 is 0.381 bits per heavy atom. The lowest BCUT2D eigenvalue weighted by Crippen LogP contribution is -2.06. The van der Waals surface area contributed by atoms with Gasteiger partial charge in [0.25, 0.3) is 0 Å². The number of pyridine rings is 4. The molecule has 20 rings (SSSR count). The number of imidazole rings is 1. The van der Waals surface area contributed by atoms with Crippen molar-refractivity contribution in [2.45, 2.75) is 100 Å². The molecular weight excluding hydrogens is 2000 g/mol. The highest BCUT2D eigenvalue weighted by molar-refractivity contribution is 8.01. The van der Waals surface area contributed by atoms with Crippen molar-refractivity contribution in [3.8, 4) is 110 Å². The van der Waals surface area contributed by atoms with Gasteiger partial charge >= 0.3 is 5.97 Å². The van der Waals surface area contributed by atoms with Gasteiger partial charge in [0.05, 0.1) is 136 Å². The van der Waals surface area contributed by atoms with Crippen molar-refractivity contribution in [1.29, 1.82) is 0 Å². The van der Waals surface area contributed by atoms with Gasteiger partial charge < -0.3 is 42.7 Å². The van der Waals surface area contributed by atoms with Crippen molar-refractivity contribution in [2.24, 2.45) is 7.05 Å². The first-order chi connectivity index (χ1) is 67.8. The normalized spacial score (nSPS) is 12.2. The number of thiophene rings is 9. The van der Waals surface area contributed by atoms with Gasteiger partial charge in [0.1, 0.15) is 41.0 Å². The number of carbonyl (C=O) groups is 1. The quantitative estimate of drug-likeness (QED) is 0.0149. The number of nitrogens with zero attached hydrogens (tertiary/aromatic N) is 8. The van der Waals surface area contributed by atoms with E-state index in [9.17, 15) is 21.6 Å². The fraction of sp³-hybridized carbons (Fsp3) is 0.200. The van der Waals surface area contributed by atoms with E-state index in [1.54, 1.807) is 70.0 Å². The number of benzene rings is 5. The molecule has 34 heteroatoms. The third-order valence-electron chi connectivity index (χ3n) is 22.1. The number of esters is 1. The summed E-state index contributed by atoms with van der Waals surface area (Å²) in [7, 11) is -1.10. The molecule has 4 atom stereocenters. The molecule has 15 aromatic heterocycles. The number of nitrogens with two attached hydrogens (primary N) is 5. The molecule has 0 spiro atoms. The van der Waals surface area contributed by atoms with E-state index in [1.807, 2.05) is 168 Å². The molecule has 0 saturated carbocycles. The van der Waals surface area contributed by atoms with E-state index >= 15 is 0 Å². The zero-order valence-electron chi connectivity index (χ0n) is 77.0. The minimum Gasteiger partial charge on any atom is -0.466 e. The minimum absolute atomic E-state index is 0.252. The summed E-state index contributed by atoms with van der Waals surface area (Å²) in [6, 6.07) is 75.6. The smallest absolute Gasteiger partial charge is 0.302 e. The maximum absolute atomic E-state index is 12.9. The second-order valence-corrected chi connectivity index (χ2v) is 49.0. The molecule has 0 bridgehead atoms. The summed E-state index contributed by atoms with van der Waals surface area (Å²) in [6.07, 6.45) is 11.1. The molecule has 10 N–H and O–H groups in total. The number of anilines is 5. The molecule has 0 fully saturated rings. The SMILES string of the molecule is CC(=O)OCCCS(=O)c1sc2nc(-c3cccs3)cc(-c3ccccc3)c2c1N.CCCCS(=O)c1sc2nc(-c3cccs3)cc(-c3ccccc3)c2c1N.CCCCS(=O)c1sc2nc(-c3nccn3C)nc(-c3ccccc3)c2c1N.CCCCSc1sc2nc(-c3cccs3)cc(-c3ccccc3)c2c1N.COCCCS(=O)c1sc2nc(-c3cccs3)cc(-c3ccccc3)c2c1N. The van der Waals surface area contributed by atoms with Gasteiger partial charge in [-0.15, -0.1) is 114 Å². The Kier molecular flexibility index (Phi) is 35.2. The van der Waals surface area contributed by atoms with Gasteiger partial charge in [-0.25, -0.2) is 34.9 Å². The lowest BCUT2D eigenvalue weighted by molar-refractivity contribution is -0.140. The second kappa shape index (κ2) is 48.4. The first kappa shape index (κ1) is 101. The molecule has 20 aromatic rings. The van der Waals surface area contributed by atoms with Crippen LogP contribution >= 0.6 is 114 Å². The fourth-order valence-corrected chi connectivity index (χ4v) is 31.2. The summed E-state index contributed by atoms with van der Waals surface area (Å²) in [5.41, 5.74) is 49.8. The van der Waals surface area contributed by atoms with E-state index < -0.39 is 43.2 Å². The van der Waals surface area contributed by atoms with E-state index in [1.165, 1.54) is 85.3 Å². The molecule has 139 heavy (non-hydrogen) atoms. The highest BCUT2D eigenvalue weighted by atomic mass is 32.2. The highest BCUT2D eigenvalue weighted by Gasteiger charge is 2.29. The van der Waals surface area contributed by atoms with E-state index in [0.717, 1.165) is 181 Å². The summed E-state index contributed by atoms with van der Waals surface area (Å²) in [6.45, 7) is 8.62. The summed E-state index contributed by atoms with van der Waals surface area (Å²) in [5.74, 6) is 4.14. The lowest BCUT2D eigenvalue weighted by Gasteiger charge is -2.08. The van der Waals surface area contributed by atoms with Crippen LogP contribution in [0.3, 0.4) is 0 Å². The predicted molar refractivity (Wildman–Crippen MR) is 599 cm³/mol. The Hall–Kier alpha value is -11.0. The summed E-state index contributed by atoms with van der Waals surface area (Å²) in [5, 5.41) is 12.7. The Labute approximate surface area is 857 Å². The van der Waals surface area contributed by atoms with Crippen LogP contribution in [0.25, 0.3) is 161 Å². The maximum atomic E-state index is 12.9. The number of nitrogen functional groups attached to an aromatic ring is 5. The van der Waals surface area contributed by atoms with Crippen LogP contribution < -0.4 is 28.7 Å². The monoisotopic (exact) mass is 2100 g/mol. The molecule has 15 heterocycles. The summed E-state index contributed by atoms with van der Waals surface area (Å²) in [4.78, 5) is 53.0. The third-order valence-corrected chi connectivity index (χ3v) is 40.1. The lowest BCUT2D eigenvalue weighted by atomic mass is 10.0. The fourth-order valence-electron chi connectivity index (χ4n) is 15.2. The first-order valence-electron chi connectivity index (χ1n) is 45.0. The Balaban J connectivity index is 0.000000126. The predicted octanol–water partition coefficient (Wildman–Crippen LogP) is 28.3. The number of hydrogen-bond donors (Lipinski definition) is 5. The zero-order chi connectivity index (χ0) is 97.0. The van der Waals surface area contributed by atoms with Gasteiger partial charge in [-0.05, 0) is 152 Å². The largest absolute Gasteiger partial charge is 0.466 e. The minimum atomic E-state index is -1.29. The van der Waals surface area contributed by atoms with Crippen molar-refractivity contribution < 1.29 is 31.1 Å². The van der Waals surface area contributed by atoms with E-state index in [2.05, 4.69) is 134 Å². The van der Waals surface area contributed by atoms with E-state index in [-0.39, 0.29) is 12.6 Å². The molecule has 0 aliphatic heterocycles. The average Bonchev–Trinajstić information content (AvgIpc) is 1.63. The van der Waals surface area contributed by atoms with E-state index in [0.29, 0.717) is 83.1 Å². The van der Waals surface area contributed by atoms with Gasteiger partial charge in [0.15, 0.2) is 11.6 Å². The van der Waals surface area contributed by atoms with Crippen LogP contribution in [-0.2, 0) is 64.5 Å². The molecule has 0 saturated heterocycles. The van der Waals surface area contributed by atoms with Crippen molar-refractivity contribution in [3.63, 3.8) is 0 Å². The van der Waals surface area contributed by atoms with Gasteiger partial charge in [-0.1, -0.05) is 216 Å². The van der Waals surface area contributed by atoms with Gasteiger partial charge in [0.2, 0.25) is 0 Å². The van der Waals surface area contributed by atoms with Crippen LogP contribution in [0.4, 0.5) is 28.4 Å². The molecule has 0 aliphatic rings. The number of rotatable bonds is 32. The summed E-state index contributed by atoms with van der Waals surface area (Å²) >= 11 is 15.9. The molecule has 712 valence electrons. The number of fused-ring (bicyclic) bond motifs is 5. The van der Waals surface area contributed by atoms with Crippen molar-refractivity contribution in [2.75, 3.05) is 77.8 Å². The number of hydrogen-bond acceptors (Lipinski definition) is 29. The molecule has 0 amide bonds. The molecular formula is C105H101N13O7S14. The number of thioether (sulfide) groups is 1. The van der Waals surface area contributed by atoms with Crippen LogP contribution in [0.5, 0.6) is 0 Å². The first-order valence-corrected chi connectivity index (χ1v) is 58.9. The second-order valence-electron chi connectivity index (χ2n) is 31.8. The van der Waals surface area contributed by atoms with Crippen molar-refractivity contribution >= 4 is 242 Å². The van der Waals surface area contributed by atoms with Gasteiger partial charge in [-0.3, -0.25) is 21.6 Å². The van der Waals surface area contributed by atoms with Crippen LogP contribution in [0.15, 0.2) is 279 Å². The number of methoxy groups -OCH3 is 1.